The van der Waals surface area contributed by atoms with Crippen LogP contribution in [-0.2, 0) is 0 Å². The van der Waals surface area contributed by atoms with Crippen molar-refractivity contribution in [1.29, 1.82) is 0 Å². The molecule has 0 spiro atoms. The van der Waals surface area contributed by atoms with E-state index in [1.54, 1.807) is 12.1 Å². The van der Waals surface area contributed by atoms with Crippen molar-refractivity contribution in [1.82, 2.24) is 9.97 Å². The average molecular weight is 292 g/mol. The number of para-hydroxylation sites is 1. The third-order valence-corrected chi connectivity index (χ3v) is 3.88. The summed E-state index contributed by atoms with van der Waals surface area (Å²) >= 11 is 7.46. The number of aryl methyl sites for hydroxylation is 1. The average Bonchev–Trinajstić information content (AvgIpc) is 2.96. The van der Waals surface area contributed by atoms with E-state index in [4.69, 9.17) is 11.6 Å². The number of aromatic nitrogens is 2. The molecule has 0 aliphatic carbocycles. The molecule has 0 aliphatic heterocycles. The first-order chi connectivity index (χ1) is 9.13. The van der Waals surface area contributed by atoms with Crippen molar-refractivity contribution in [2.24, 2.45) is 0 Å². The summed E-state index contributed by atoms with van der Waals surface area (Å²) in [6, 6.07) is 7.32. The lowest BCUT2D eigenvalue weighted by atomic mass is 10.2. The summed E-state index contributed by atoms with van der Waals surface area (Å²) in [7, 11) is 0. The van der Waals surface area contributed by atoms with Crippen LogP contribution in [0.3, 0.4) is 0 Å². The zero-order valence-corrected chi connectivity index (χ0v) is 11.6. The minimum absolute atomic E-state index is 0.221. The molecule has 0 aliphatic rings. The van der Waals surface area contributed by atoms with Gasteiger partial charge in [-0.25, -0.2) is 4.98 Å². The number of H-pyrrole nitrogens is 1. The lowest BCUT2D eigenvalue weighted by molar-refractivity contribution is 0.102. The quantitative estimate of drug-likeness (QED) is 0.754. The molecule has 2 heterocycles. The Labute approximate surface area is 118 Å². The summed E-state index contributed by atoms with van der Waals surface area (Å²) in [5.74, 6) is -0.221. The SMILES string of the molecule is Cc1csc(NC(=O)c2cc3cccc(Cl)c3[nH]2)n1. The summed E-state index contributed by atoms with van der Waals surface area (Å²) in [4.78, 5) is 19.3. The van der Waals surface area contributed by atoms with E-state index in [-0.39, 0.29) is 5.91 Å². The fourth-order valence-electron chi connectivity index (χ4n) is 1.82. The maximum Gasteiger partial charge on any atom is 0.273 e. The second kappa shape index (κ2) is 4.68. The molecule has 2 N–H and O–H groups in total. The minimum atomic E-state index is -0.221. The van der Waals surface area contributed by atoms with Gasteiger partial charge in [-0.15, -0.1) is 11.3 Å². The van der Waals surface area contributed by atoms with Gasteiger partial charge in [0.2, 0.25) is 0 Å². The molecule has 0 atom stereocenters. The fraction of sp³-hybridized carbons (Fsp3) is 0.0769. The maximum absolute atomic E-state index is 12.1. The second-order valence-electron chi connectivity index (χ2n) is 4.14. The third-order valence-electron chi connectivity index (χ3n) is 2.69. The number of anilines is 1. The van der Waals surface area contributed by atoms with Crippen LogP contribution in [0.1, 0.15) is 16.2 Å². The first kappa shape index (κ1) is 12.2. The summed E-state index contributed by atoms with van der Waals surface area (Å²) in [6.07, 6.45) is 0. The molecule has 1 aromatic carbocycles. The van der Waals surface area contributed by atoms with Crippen LogP contribution in [0.15, 0.2) is 29.6 Å². The minimum Gasteiger partial charge on any atom is -0.349 e. The van der Waals surface area contributed by atoms with Gasteiger partial charge in [-0.3, -0.25) is 10.1 Å². The molecule has 0 radical (unpaired) electrons. The van der Waals surface area contributed by atoms with Crippen molar-refractivity contribution in [3.8, 4) is 0 Å². The molecular formula is C13H10ClN3OS. The van der Waals surface area contributed by atoms with Crippen LogP contribution < -0.4 is 5.32 Å². The number of hydrogen-bond acceptors (Lipinski definition) is 3. The van der Waals surface area contributed by atoms with E-state index in [0.29, 0.717) is 15.8 Å². The van der Waals surface area contributed by atoms with E-state index in [2.05, 4.69) is 15.3 Å². The zero-order valence-electron chi connectivity index (χ0n) is 10.0. The van der Waals surface area contributed by atoms with Crippen molar-refractivity contribution in [3.63, 3.8) is 0 Å². The van der Waals surface area contributed by atoms with Crippen LogP contribution in [0.25, 0.3) is 10.9 Å². The Morgan fingerprint density at radius 1 is 1.47 bits per heavy atom. The number of fused-ring (bicyclic) bond motifs is 1. The van der Waals surface area contributed by atoms with Gasteiger partial charge in [0.05, 0.1) is 16.2 Å². The summed E-state index contributed by atoms with van der Waals surface area (Å²) in [5.41, 5.74) is 2.13. The number of nitrogens with zero attached hydrogens (tertiary/aromatic N) is 1. The van der Waals surface area contributed by atoms with Crippen LogP contribution in [0.4, 0.5) is 5.13 Å². The van der Waals surface area contributed by atoms with Gasteiger partial charge in [0.15, 0.2) is 5.13 Å². The Bertz CT molecular complexity index is 762. The first-order valence-corrected chi connectivity index (χ1v) is 6.90. The van der Waals surface area contributed by atoms with Gasteiger partial charge in [0.1, 0.15) is 5.69 Å². The number of carbonyl (C=O) groups is 1. The number of thiazole rings is 1. The van der Waals surface area contributed by atoms with E-state index in [1.165, 1.54) is 11.3 Å². The number of hydrogen-bond donors (Lipinski definition) is 2. The van der Waals surface area contributed by atoms with Crippen LogP contribution >= 0.6 is 22.9 Å². The molecular weight excluding hydrogens is 282 g/mol. The molecule has 0 fully saturated rings. The highest BCUT2D eigenvalue weighted by molar-refractivity contribution is 7.13. The fourth-order valence-corrected chi connectivity index (χ4v) is 2.73. The lowest BCUT2D eigenvalue weighted by Crippen LogP contribution is -2.11. The van der Waals surface area contributed by atoms with Crippen LogP contribution in [-0.4, -0.2) is 15.9 Å². The van der Waals surface area contributed by atoms with Crippen LogP contribution in [0.5, 0.6) is 0 Å². The monoisotopic (exact) mass is 291 g/mol. The number of halogens is 1. The molecule has 0 unspecified atom stereocenters. The molecule has 19 heavy (non-hydrogen) atoms. The first-order valence-electron chi connectivity index (χ1n) is 5.64. The standard InChI is InChI=1S/C13H10ClN3OS/c1-7-6-19-13(15-7)17-12(18)10-5-8-3-2-4-9(14)11(8)16-10/h2-6,16H,1H3,(H,15,17,18). The van der Waals surface area contributed by atoms with Gasteiger partial charge < -0.3 is 4.98 Å². The van der Waals surface area contributed by atoms with Crippen molar-refractivity contribution in [2.45, 2.75) is 6.92 Å². The van der Waals surface area contributed by atoms with Gasteiger partial charge in [-0.2, -0.15) is 0 Å². The van der Waals surface area contributed by atoms with Gasteiger partial charge >= 0.3 is 0 Å². The molecule has 6 heteroatoms. The molecule has 0 saturated carbocycles. The predicted molar refractivity (Wildman–Crippen MR) is 78.1 cm³/mol. The van der Waals surface area contributed by atoms with Crippen LogP contribution in [0.2, 0.25) is 5.02 Å². The van der Waals surface area contributed by atoms with Crippen LogP contribution in [0, 0.1) is 6.92 Å². The van der Waals surface area contributed by atoms with Gasteiger partial charge in [-0.1, -0.05) is 23.7 Å². The summed E-state index contributed by atoms with van der Waals surface area (Å²) in [6.45, 7) is 1.88. The lowest BCUT2D eigenvalue weighted by Gasteiger charge is -1.98. The molecule has 96 valence electrons. The van der Waals surface area contributed by atoms with E-state index in [1.807, 2.05) is 24.4 Å². The zero-order chi connectivity index (χ0) is 13.4. The number of amides is 1. The third kappa shape index (κ3) is 2.34. The molecule has 0 bridgehead atoms. The Morgan fingerprint density at radius 2 is 2.32 bits per heavy atom. The molecule has 3 aromatic rings. The highest BCUT2D eigenvalue weighted by Crippen LogP contribution is 2.24. The molecule has 4 nitrogen and oxygen atoms in total. The van der Waals surface area contributed by atoms with Crippen molar-refractivity contribution in [3.05, 3.63) is 46.1 Å². The number of aromatic amines is 1. The van der Waals surface area contributed by atoms with Crippen molar-refractivity contribution >= 4 is 44.9 Å². The number of benzene rings is 1. The highest BCUT2D eigenvalue weighted by atomic mass is 35.5. The Kier molecular flexibility index (Phi) is 3.00. The second-order valence-corrected chi connectivity index (χ2v) is 5.40. The van der Waals surface area contributed by atoms with Gasteiger partial charge in [0.25, 0.3) is 5.91 Å². The smallest absolute Gasteiger partial charge is 0.273 e. The number of carbonyl (C=O) groups excluding carboxylic acids is 1. The predicted octanol–water partition coefficient (Wildman–Crippen LogP) is 3.84. The Balaban J connectivity index is 1.91. The topological polar surface area (TPSA) is 57.8 Å². The van der Waals surface area contributed by atoms with E-state index in [9.17, 15) is 4.79 Å². The maximum atomic E-state index is 12.1. The summed E-state index contributed by atoms with van der Waals surface area (Å²) in [5, 5.41) is 6.74. The number of rotatable bonds is 2. The van der Waals surface area contributed by atoms with Gasteiger partial charge in [0, 0.05) is 10.8 Å². The highest BCUT2D eigenvalue weighted by Gasteiger charge is 2.12. The van der Waals surface area contributed by atoms with E-state index in [0.717, 1.165) is 16.6 Å². The summed E-state index contributed by atoms with van der Waals surface area (Å²) < 4.78 is 0. The van der Waals surface area contributed by atoms with Crippen molar-refractivity contribution in [2.75, 3.05) is 5.32 Å². The van der Waals surface area contributed by atoms with E-state index < -0.39 is 0 Å². The Hall–Kier alpha value is -1.85. The van der Waals surface area contributed by atoms with E-state index >= 15 is 0 Å². The number of nitrogens with one attached hydrogen (secondary N) is 2. The van der Waals surface area contributed by atoms with Crippen molar-refractivity contribution < 1.29 is 4.79 Å². The molecule has 1 amide bonds. The Morgan fingerprint density at radius 3 is 3.00 bits per heavy atom. The normalized spacial score (nSPS) is 10.8. The molecule has 3 rings (SSSR count). The van der Waals surface area contributed by atoms with Gasteiger partial charge in [-0.05, 0) is 19.1 Å². The largest absolute Gasteiger partial charge is 0.349 e. The molecule has 2 aromatic heterocycles. The molecule has 0 saturated heterocycles.